The fourth-order valence-electron chi connectivity index (χ4n) is 3.38. The van der Waals surface area contributed by atoms with E-state index in [-0.39, 0.29) is 29.8 Å². The minimum atomic E-state index is -0.329. The Labute approximate surface area is 147 Å². The van der Waals surface area contributed by atoms with Gasteiger partial charge in [0.2, 0.25) is 5.91 Å². The highest BCUT2D eigenvalue weighted by atomic mass is 35.5. The van der Waals surface area contributed by atoms with Crippen LogP contribution in [0.5, 0.6) is 0 Å². The molecular formula is C18H24ClFN2O2. The van der Waals surface area contributed by atoms with Gasteiger partial charge < -0.3 is 10.1 Å². The highest BCUT2D eigenvalue weighted by Gasteiger charge is 2.31. The Morgan fingerprint density at radius 2 is 2.29 bits per heavy atom. The van der Waals surface area contributed by atoms with Crippen LogP contribution in [0.1, 0.15) is 37.8 Å². The summed E-state index contributed by atoms with van der Waals surface area (Å²) in [6.45, 7) is 4.34. The van der Waals surface area contributed by atoms with Crippen LogP contribution in [0.15, 0.2) is 18.2 Å². The molecule has 1 N–H and O–H groups in total. The van der Waals surface area contributed by atoms with Crippen LogP contribution in [0.3, 0.4) is 0 Å². The molecule has 0 aromatic heterocycles. The zero-order chi connectivity index (χ0) is 17.1. The second-order valence-electron chi connectivity index (χ2n) is 6.70. The summed E-state index contributed by atoms with van der Waals surface area (Å²) in [5.41, 5.74) is 0.460. The number of halogens is 2. The minimum absolute atomic E-state index is 0.0695. The molecule has 3 rings (SSSR count). The highest BCUT2D eigenvalue weighted by Crippen LogP contribution is 2.32. The zero-order valence-corrected chi connectivity index (χ0v) is 14.7. The van der Waals surface area contributed by atoms with E-state index in [0.29, 0.717) is 36.8 Å². The summed E-state index contributed by atoms with van der Waals surface area (Å²) >= 11 is 6.29. The number of benzene rings is 1. The predicted molar refractivity (Wildman–Crippen MR) is 91.5 cm³/mol. The number of rotatable bonds is 5. The summed E-state index contributed by atoms with van der Waals surface area (Å²) in [5.74, 6) is -0.144. The van der Waals surface area contributed by atoms with Crippen molar-refractivity contribution in [3.8, 4) is 0 Å². The van der Waals surface area contributed by atoms with Gasteiger partial charge in [-0.25, -0.2) is 4.39 Å². The summed E-state index contributed by atoms with van der Waals surface area (Å²) in [6.07, 6.45) is 3.09. The molecule has 132 valence electrons. The van der Waals surface area contributed by atoms with Gasteiger partial charge in [0.05, 0.1) is 18.8 Å². The minimum Gasteiger partial charge on any atom is -0.376 e. The number of nitrogens with zero attached hydrogens (tertiary/aromatic N) is 1. The van der Waals surface area contributed by atoms with Gasteiger partial charge in [0.15, 0.2) is 0 Å². The number of ether oxygens (including phenoxy) is 1. The van der Waals surface area contributed by atoms with Crippen LogP contribution in [0.4, 0.5) is 4.39 Å². The van der Waals surface area contributed by atoms with E-state index in [2.05, 4.69) is 10.2 Å². The number of amides is 1. The van der Waals surface area contributed by atoms with E-state index in [0.717, 1.165) is 19.3 Å². The lowest BCUT2D eigenvalue weighted by Crippen LogP contribution is -2.47. The molecule has 2 fully saturated rings. The van der Waals surface area contributed by atoms with Gasteiger partial charge in [-0.15, -0.1) is 0 Å². The van der Waals surface area contributed by atoms with Crippen molar-refractivity contribution in [2.75, 3.05) is 26.2 Å². The third-order valence-electron chi connectivity index (χ3n) is 4.99. The molecule has 1 saturated heterocycles. The highest BCUT2D eigenvalue weighted by molar-refractivity contribution is 6.31. The van der Waals surface area contributed by atoms with Crippen LogP contribution in [0.25, 0.3) is 0 Å². The SMILES string of the molecule is CC1CN(C(CNC(=O)C2CCC2)c2c(F)cccc2Cl)CCO1. The summed E-state index contributed by atoms with van der Waals surface area (Å²) in [6, 6.07) is 4.44. The summed E-state index contributed by atoms with van der Waals surface area (Å²) in [4.78, 5) is 14.3. The number of carbonyl (C=O) groups excluding carboxylic acids is 1. The molecule has 1 saturated carbocycles. The van der Waals surface area contributed by atoms with Crippen molar-refractivity contribution < 1.29 is 13.9 Å². The van der Waals surface area contributed by atoms with E-state index in [9.17, 15) is 9.18 Å². The molecule has 0 bridgehead atoms. The fourth-order valence-corrected chi connectivity index (χ4v) is 3.67. The fraction of sp³-hybridized carbons (Fsp3) is 0.611. The molecule has 1 aliphatic heterocycles. The van der Waals surface area contributed by atoms with Crippen molar-refractivity contribution in [2.45, 2.75) is 38.3 Å². The first-order chi connectivity index (χ1) is 11.6. The lowest BCUT2D eigenvalue weighted by atomic mass is 9.85. The van der Waals surface area contributed by atoms with Crippen molar-refractivity contribution in [3.05, 3.63) is 34.6 Å². The molecule has 1 heterocycles. The van der Waals surface area contributed by atoms with Crippen LogP contribution in [-0.2, 0) is 9.53 Å². The Balaban J connectivity index is 1.78. The Kier molecular flexibility index (Phi) is 5.74. The second-order valence-corrected chi connectivity index (χ2v) is 7.11. The molecule has 2 atom stereocenters. The first-order valence-corrected chi connectivity index (χ1v) is 9.01. The van der Waals surface area contributed by atoms with E-state index in [1.807, 2.05) is 6.92 Å². The van der Waals surface area contributed by atoms with Crippen LogP contribution in [0.2, 0.25) is 5.02 Å². The van der Waals surface area contributed by atoms with Gasteiger partial charge in [-0.3, -0.25) is 9.69 Å². The number of hydrogen-bond acceptors (Lipinski definition) is 3. The third kappa shape index (κ3) is 3.90. The average molecular weight is 355 g/mol. The molecule has 0 spiro atoms. The lowest BCUT2D eigenvalue weighted by Gasteiger charge is -2.38. The molecule has 1 aromatic carbocycles. The van der Waals surface area contributed by atoms with E-state index < -0.39 is 0 Å². The van der Waals surface area contributed by atoms with Crippen LogP contribution in [0, 0.1) is 11.7 Å². The van der Waals surface area contributed by atoms with Crippen molar-refractivity contribution in [1.82, 2.24) is 10.2 Å². The molecule has 24 heavy (non-hydrogen) atoms. The first kappa shape index (κ1) is 17.6. The maximum absolute atomic E-state index is 14.5. The number of carbonyl (C=O) groups is 1. The molecule has 1 amide bonds. The van der Waals surface area contributed by atoms with E-state index in [1.165, 1.54) is 6.07 Å². The molecule has 0 radical (unpaired) electrons. The standard InChI is InChI=1S/C18H24ClFN2O2/c1-12-11-22(8-9-24-12)16(10-21-18(23)13-4-2-5-13)17-14(19)6-3-7-15(17)20/h3,6-7,12-13,16H,2,4-5,8-11H2,1H3,(H,21,23). The van der Waals surface area contributed by atoms with Gasteiger partial charge >= 0.3 is 0 Å². The van der Waals surface area contributed by atoms with Crippen LogP contribution < -0.4 is 5.32 Å². The largest absolute Gasteiger partial charge is 0.376 e. The molecule has 6 heteroatoms. The summed E-state index contributed by atoms with van der Waals surface area (Å²) in [7, 11) is 0. The van der Waals surface area contributed by atoms with Crippen LogP contribution in [-0.4, -0.2) is 43.2 Å². The second kappa shape index (κ2) is 7.81. The van der Waals surface area contributed by atoms with Crippen molar-refractivity contribution in [2.24, 2.45) is 5.92 Å². The molecule has 1 aromatic rings. The number of hydrogen-bond donors (Lipinski definition) is 1. The lowest BCUT2D eigenvalue weighted by molar-refractivity contribution is -0.127. The zero-order valence-electron chi connectivity index (χ0n) is 13.9. The third-order valence-corrected chi connectivity index (χ3v) is 5.32. The molecule has 2 aliphatic rings. The van der Waals surface area contributed by atoms with Crippen molar-refractivity contribution in [3.63, 3.8) is 0 Å². The van der Waals surface area contributed by atoms with Gasteiger partial charge in [0, 0.05) is 36.1 Å². The van der Waals surface area contributed by atoms with E-state index >= 15 is 0 Å². The normalized spacial score (nSPS) is 23.5. The molecule has 4 nitrogen and oxygen atoms in total. The Morgan fingerprint density at radius 1 is 1.50 bits per heavy atom. The smallest absolute Gasteiger partial charge is 0.223 e. The summed E-state index contributed by atoms with van der Waals surface area (Å²) in [5, 5.41) is 3.40. The van der Waals surface area contributed by atoms with Gasteiger partial charge in [0.25, 0.3) is 0 Å². The Morgan fingerprint density at radius 3 is 2.92 bits per heavy atom. The maximum Gasteiger partial charge on any atom is 0.223 e. The Hall–Kier alpha value is -1.17. The number of morpholine rings is 1. The van der Waals surface area contributed by atoms with Gasteiger partial charge in [-0.1, -0.05) is 24.1 Å². The maximum atomic E-state index is 14.5. The monoisotopic (exact) mass is 354 g/mol. The molecule has 1 aliphatic carbocycles. The van der Waals surface area contributed by atoms with Crippen molar-refractivity contribution >= 4 is 17.5 Å². The van der Waals surface area contributed by atoms with Crippen LogP contribution >= 0.6 is 11.6 Å². The quantitative estimate of drug-likeness (QED) is 0.883. The average Bonchev–Trinajstić information content (AvgIpc) is 2.48. The van der Waals surface area contributed by atoms with Gasteiger partial charge in [-0.2, -0.15) is 0 Å². The number of nitrogens with one attached hydrogen (secondary N) is 1. The first-order valence-electron chi connectivity index (χ1n) is 8.63. The van der Waals surface area contributed by atoms with E-state index in [1.54, 1.807) is 12.1 Å². The van der Waals surface area contributed by atoms with E-state index in [4.69, 9.17) is 16.3 Å². The molecule has 2 unspecified atom stereocenters. The summed E-state index contributed by atoms with van der Waals surface area (Å²) < 4.78 is 20.0. The molecular weight excluding hydrogens is 331 g/mol. The topological polar surface area (TPSA) is 41.6 Å². The predicted octanol–water partition coefficient (Wildman–Crippen LogP) is 3.16. The van der Waals surface area contributed by atoms with Crippen molar-refractivity contribution in [1.29, 1.82) is 0 Å². The van der Waals surface area contributed by atoms with Gasteiger partial charge in [0.1, 0.15) is 5.82 Å². The Bertz CT molecular complexity index is 574. The van der Waals surface area contributed by atoms with Gasteiger partial charge in [-0.05, 0) is 31.9 Å².